The monoisotopic (exact) mass is 365 g/mol. The smallest absolute Gasteiger partial charge is 0.224 e. The number of nitrogens with one attached hydrogen (secondary N) is 1. The zero-order chi connectivity index (χ0) is 19.6. The molecule has 0 spiro atoms. The Labute approximate surface area is 162 Å². The van der Waals surface area contributed by atoms with E-state index in [2.05, 4.69) is 50.4 Å². The van der Waals surface area contributed by atoms with Gasteiger partial charge in [0.2, 0.25) is 5.91 Å². The van der Waals surface area contributed by atoms with Crippen molar-refractivity contribution >= 4 is 5.91 Å². The molecule has 0 unspecified atom stereocenters. The van der Waals surface area contributed by atoms with Crippen LogP contribution < -0.4 is 11.1 Å². The number of amides is 1. The maximum absolute atomic E-state index is 12.5. The van der Waals surface area contributed by atoms with Crippen molar-refractivity contribution in [2.24, 2.45) is 11.7 Å². The largest absolute Gasteiger partial charge is 0.353 e. The Kier molecular flexibility index (Phi) is 5.95. The summed E-state index contributed by atoms with van der Waals surface area (Å²) >= 11 is 0. The number of hydrogen-bond acceptors (Lipinski definition) is 3. The lowest BCUT2D eigenvalue weighted by atomic mass is 9.88. The molecular weight excluding hydrogens is 334 g/mol. The molecule has 4 heteroatoms. The van der Waals surface area contributed by atoms with Gasteiger partial charge in [-0.15, -0.1) is 0 Å². The van der Waals surface area contributed by atoms with E-state index in [9.17, 15) is 4.79 Å². The van der Waals surface area contributed by atoms with Crippen LogP contribution in [0.5, 0.6) is 0 Å². The van der Waals surface area contributed by atoms with E-state index in [-0.39, 0.29) is 5.91 Å². The standard InChI is InChI=1S/C23H31N3O/c1-14(2)11-21-20(13-24)23(17-7-5-15(3)6-8-17)19(16(4)25-21)12-22(27)26-18-9-10-18/h5-8,14,18H,9-13,24H2,1-4H3,(H,26,27). The molecule has 1 aliphatic carbocycles. The molecular formula is C23H31N3O. The van der Waals surface area contributed by atoms with E-state index in [1.54, 1.807) is 0 Å². The van der Waals surface area contributed by atoms with E-state index in [4.69, 9.17) is 10.7 Å². The van der Waals surface area contributed by atoms with Gasteiger partial charge in [0.15, 0.2) is 0 Å². The van der Waals surface area contributed by atoms with Crippen LogP contribution >= 0.6 is 0 Å². The molecule has 1 amide bonds. The number of rotatable bonds is 7. The average Bonchev–Trinajstić information content (AvgIpc) is 3.41. The first kappa shape index (κ1) is 19.6. The van der Waals surface area contributed by atoms with E-state index in [0.717, 1.165) is 52.9 Å². The van der Waals surface area contributed by atoms with Crippen molar-refractivity contribution in [1.29, 1.82) is 0 Å². The normalized spacial score (nSPS) is 13.9. The Morgan fingerprint density at radius 2 is 1.85 bits per heavy atom. The zero-order valence-corrected chi connectivity index (χ0v) is 16.9. The second-order valence-corrected chi connectivity index (χ2v) is 8.16. The SMILES string of the molecule is Cc1ccc(-c2c(CC(=O)NC3CC3)c(C)nc(CC(C)C)c2CN)cc1. The highest BCUT2D eigenvalue weighted by atomic mass is 16.1. The number of nitrogens with two attached hydrogens (primary N) is 1. The molecule has 3 N–H and O–H groups in total. The Hall–Kier alpha value is -2.20. The minimum absolute atomic E-state index is 0.0790. The summed E-state index contributed by atoms with van der Waals surface area (Å²) < 4.78 is 0. The van der Waals surface area contributed by atoms with Crippen molar-refractivity contribution in [2.45, 2.75) is 66.0 Å². The lowest BCUT2D eigenvalue weighted by molar-refractivity contribution is -0.120. The molecule has 1 aromatic carbocycles. The Balaban J connectivity index is 2.11. The average molecular weight is 366 g/mol. The van der Waals surface area contributed by atoms with Gasteiger partial charge in [0, 0.05) is 24.0 Å². The van der Waals surface area contributed by atoms with Crippen LogP contribution in [0.1, 0.15) is 54.8 Å². The third-order valence-electron chi connectivity index (χ3n) is 5.12. The van der Waals surface area contributed by atoms with Gasteiger partial charge in [-0.2, -0.15) is 0 Å². The van der Waals surface area contributed by atoms with E-state index >= 15 is 0 Å². The number of aromatic nitrogens is 1. The van der Waals surface area contributed by atoms with Crippen LogP contribution in [-0.4, -0.2) is 16.9 Å². The summed E-state index contributed by atoms with van der Waals surface area (Å²) in [7, 11) is 0. The van der Waals surface area contributed by atoms with Crippen molar-refractivity contribution < 1.29 is 4.79 Å². The first-order valence-electron chi connectivity index (χ1n) is 9.96. The lowest BCUT2D eigenvalue weighted by Gasteiger charge is -2.21. The van der Waals surface area contributed by atoms with Gasteiger partial charge < -0.3 is 11.1 Å². The number of aryl methyl sites for hydroxylation is 2. The van der Waals surface area contributed by atoms with Crippen LogP contribution in [0.2, 0.25) is 0 Å². The number of pyridine rings is 1. The topological polar surface area (TPSA) is 68.0 Å². The van der Waals surface area contributed by atoms with Gasteiger partial charge in [-0.3, -0.25) is 9.78 Å². The molecule has 4 nitrogen and oxygen atoms in total. The molecule has 1 aromatic heterocycles. The predicted molar refractivity (Wildman–Crippen MR) is 110 cm³/mol. The molecule has 3 rings (SSSR count). The number of hydrogen-bond donors (Lipinski definition) is 2. The fraction of sp³-hybridized carbons (Fsp3) is 0.478. The number of carbonyl (C=O) groups is 1. The first-order chi connectivity index (χ1) is 12.9. The first-order valence-corrected chi connectivity index (χ1v) is 9.96. The molecule has 27 heavy (non-hydrogen) atoms. The second kappa shape index (κ2) is 8.22. The molecule has 1 saturated carbocycles. The second-order valence-electron chi connectivity index (χ2n) is 8.16. The van der Waals surface area contributed by atoms with Gasteiger partial charge in [-0.25, -0.2) is 0 Å². The van der Waals surface area contributed by atoms with Crippen molar-refractivity contribution in [2.75, 3.05) is 0 Å². The van der Waals surface area contributed by atoms with Gasteiger partial charge in [0.05, 0.1) is 6.42 Å². The number of benzene rings is 1. The van der Waals surface area contributed by atoms with Gasteiger partial charge in [-0.1, -0.05) is 43.7 Å². The number of carbonyl (C=O) groups excluding carboxylic acids is 1. The van der Waals surface area contributed by atoms with Gasteiger partial charge in [0.1, 0.15) is 0 Å². The maximum Gasteiger partial charge on any atom is 0.224 e. The summed E-state index contributed by atoms with van der Waals surface area (Å²) in [5.74, 6) is 0.576. The Bertz CT molecular complexity index is 821. The molecule has 1 fully saturated rings. The summed E-state index contributed by atoms with van der Waals surface area (Å²) in [6, 6.07) is 8.85. The molecule has 1 aliphatic rings. The van der Waals surface area contributed by atoms with Crippen LogP contribution in [0.25, 0.3) is 11.1 Å². The van der Waals surface area contributed by atoms with Crippen LogP contribution in [0.3, 0.4) is 0 Å². The molecule has 0 saturated heterocycles. The summed E-state index contributed by atoms with van der Waals surface area (Å²) in [4.78, 5) is 17.4. The van der Waals surface area contributed by atoms with Crippen molar-refractivity contribution in [1.82, 2.24) is 10.3 Å². The van der Waals surface area contributed by atoms with E-state index in [1.807, 2.05) is 6.92 Å². The number of nitrogens with zero attached hydrogens (tertiary/aromatic N) is 1. The zero-order valence-electron chi connectivity index (χ0n) is 16.9. The van der Waals surface area contributed by atoms with Crippen molar-refractivity contribution in [3.8, 4) is 11.1 Å². The molecule has 2 aromatic rings. The molecule has 0 aliphatic heterocycles. The minimum Gasteiger partial charge on any atom is -0.353 e. The molecule has 0 bridgehead atoms. The lowest BCUT2D eigenvalue weighted by Crippen LogP contribution is -2.28. The van der Waals surface area contributed by atoms with E-state index in [0.29, 0.717) is 24.9 Å². The van der Waals surface area contributed by atoms with Crippen molar-refractivity contribution in [3.63, 3.8) is 0 Å². The van der Waals surface area contributed by atoms with Gasteiger partial charge in [0.25, 0.3) is 0 Å². The molecule has 144 valence electrons. The van der Waals surface area contributed by atoms with Crippen molar-refractivity contribution in [3.05, 3.63) is 52.3 Å². The maximum atomic E-state index is 12.5. The molecule has 0 atom stereocenters. The van der Waals surface area contributed by atoms with Crippen LogP contribution in [0, 0.1) is 19.8 Å². The van der Waals surface area contributed by atoms with E-state index < -0.39 is 0 Å². The Morgan fingerprint density at radius 3 is 2.41 bits per heavy atom. The van der Waals surface area contributed by atoms with Crippen LogP contribution in [0.4, 0.5) is 0 Å². The fourth-order valence-electron chi connectivity index (χ4n) is 3.57. The summed E-state index contributed by atoms with van der Waals surface area (Å²) in [6.07, 6.45) is 3.43. The van der Waals surface area contributed by atoms with Crippen LogP contribution in [-0.2, 0) is 24.2 Å². The summed E-state index contributed by atoms with van der Waals surface area (Å²) in [5.41, 5.74) is 13.7. The highest BCUT2D eigenvalue weighted by Gasteiger charge is 2.25. The summed E-state index contributed by atoms with van der Waals surface area (Å²) in [6.45, 7) is 8.91. The Morgan fingerprint density at radius 1 is 1.19 bits per heavy atom. The third kappa shape index (κ3) is 4.75. The quantitative estimate of drug-likeness (QED) is 0.783. The summed E-state index contributed by atoms with van der Waals surface area (Å²) in [5, 5.41) is 3.10. The third-order valence-corrected chi connectivity index (χ3v) is 5.12. The van der Waals surface area contributed by atoms with Gasteiger partial charge >= 0.3 is 0 Å². The molecule has 0 radical (unpaired) electrons. The molecule has 1 heterocycles. The highest BCUT2D eigenvalue weighted by molar-refractivity contribution is 5.84. The minimum atomic E-state index is 0.0790. The van der Waals surface area contributed by atoms with Gasteiger partial charge in [-0.05, 0) is 61.3 Å². The predicted octanol–water partition coefficient (Wildman–Crippen LogP) is 3.84. The van der Waals surface area contributed by atoms with E-state index in [1.165, 1.54) is 5.56 Å². The fourth-order valence-corrected chi connectivity index (χ4v) is 3.57. The highest BCUT2D eigenvalue weighted by Crippen LogP contribution is 2.33. The van der Waals surface area contributed by atoms with Crippen LogP contribution in [0.15, 0.2) is 24.3 Å².